The lowest BCUT2D eigenvalue weighted by Crippen LogP contribution is -2.42. The summed E-state index contributed by atoms with van der Waals surface area (Å²) in [5.74, 6) is 0.122. The number of carbonyl (C=O) groups excluding carboxylic acids is 1. The van der Waals surface area contributed by atoms with Gasteiger partial charge in [-0.2, -0.15) is 0 Å². The maximum Gasteiger partial charge on any atom is 0.238 e. The number of piperidine rings is 1. The molecule has 20 heavy (non-hydrogen) atoms. The van der Waals surface area contributed by atoms with Gasteiger partial charge in [0.1, 0.15) is 0 Å². The maximum absolute atomic E-state index is 12.2. The monoisotopic (exact) mass is 272 g/mol. The van der Waals surface area contributed by atoms with Crippen molar-refractivity contribution in [2.75, 3.05) is 18.4 Å². The Bertz CT molecular complexity index is 498. The van der Waals surface area contributed by atoms with Crippen molar-refractivity contribution >= 4 is 11.6 Å². The third-order valence-corrected chi connectivity index (χ3v) is 4.67. The highest BCUT2D eigenvalue weighted by Crippen LogP contribution is 2.25. The molecule has 1 aliphatic heterocycles. The fraction of sp³-hybridized carbons (Fsp3) is 0.588. The van der Waals surface area contributed by atoms with Gasteiger partial charge in [-0.1, -0.05) is 12.5 Å². The minimum Gasteiger partial charge on any atom is -0.325 e. The quantitative estimate of drug-likeness (QED) is 0.917. The summed E-state index contributed by atoms with van der Waals surface area (Å²) in [5, 5.41) is 3.06. The molecule has 0 spiro atoms. The van der Waals surface area contributed by atoms with Crippen molar-refractivity contribution in [2.45, 2.75) is 51.5 Å². The van der Waals surface area contributed by atoms with Crippen LogP contribution in [0.15, 0.2) is 18.2 Å². The van der Waals surface area contributed by atoms with Crippen LogP contribution in [0.2, 0.25) is 0 Å². The van der Waals surface area contributed by atoms with E-state index in [1.807, 2.05) is 6.07 Å². The molecule has 0 bridgehead atoms. The lowest BCUT2D eigenvalue weighted by Gasteiger charge is -2.32. The van der Waals surface area contributed by atoms with E-state index < -0.39 is 0 Å². The standard InChI is InChI=1S/C17H24N2O/c1-13-5-2-3-10-19(13)12-17(20)18-16-9-8-14-6-4-7-15(14)11-16/h8-9,11,13H,2-7,10,12H2,1H3,(H,18,20)/t13-/m1/s1. The maximum atomic E-state index is 12.2. The Hall–Kier alpha value is -1.35. The van der Waals surface area contributed by atoms with Gasteiger partial charge in [0.15, 0.2) is 0 Å². The highest BCUT2D eigenvalue weighted by atomic mass is 16.2. The van der Waals surface area contributed by atoms with Crippen LogP contribution in [0.4, 0.5) is 5.69 Å². The second kappa shape index (κ2) is 5.96. The van der Waals surface area contributed by atoms with E-state index in [2.05, 4.69) is 29.3 Å². The lowest BCUT2D eigenvalue weighted by atomic mass is 10.0. The normalized spacial score (nSPS) is 22.6. The molecule has 3 nitrogen and oxygen atoms in total. The van der Waals surface area contributed by atoms with Crippen molar-refractivity contribution in [1.82, 2.24) is 4.90 Å². The van der Waals surface area contributed by atoms with Gasteiger partial charge in [0.05, 0.1) is 6.54 Å². The van der Waals surface area contributed by atoms with E-state index in [4.69, 9.17) is 0 Å². The molecule has 0 radical (unpaired) electrons. The Balaban J connectivity index is 1.58. The van der Waals surface area contributed by atoms with E-state index in [9.17, 15) is 4.79 Å². The smallest absolute Gasteiger partial charge is 0.238 e. The number of amides is 1. The number of likely N-dealkylation sites (tertiary alicyclic amines) is 1. The predicted molar refractivity (Wildman–Crippen MR) is 82.0 cm³/mol. The molecule has 1 heterocycles. The predicted octanol–water partition coefficient (Wildman–Crippen LogP) is 2.99. The fourth-order valence-electron chi connectivity index (χ4n) is 3.43. The average molecular weight is 272 g/mol. The van der Waals surface area contributed by atoms with Crippen LogP contribution in [0.1, 0.15) is 43.7 Å². The minimum atomic E-state index is 0.122. The molecule has 1 amide bonds. The first-order valence-corrected chi connectivity index (χ1v) is 7.88. The van der Waals surface area contributed by atoms with Gasteiger partial charge in [-0.25, -0.2) is 0 Å². The highest BCUT2D eigenvalue weighted by Gasteiger charge is 2.20. The van der Waals surface area contributed by atoms with Gasteiger partial charge in [-0.3, -0.25) is 9.69 Å². The van der Waals surface area contributed by atoms with E-state index in [1.54, 1.807) is 0 Å². The summed E-state index contributed by atoms with van der Waals surface area (Å²) in [6.45, 7) is 3.80. The number of aryl methyl sites for hydroxylation is 2. The van der Waals surface area contributed by atoms with Crippen molar-refractivity contribution in [3.63, 3.8) is 0 Å². The van der Waals surface area contributed by atoms with Gasteiger partial charge in [0, 0.05) is 11.7 Å². The topological polar surface area (TPSA) is 32.3 Å². The number of benzene rings is 1. The molecule has 0 unspecified atom stereocenters. The number of carbonyl (C=O) groups is 1. The van der Waals surface area contributed by atoms with E-state index in [1.165, 1.54) is 43.2 Å². The Labute approximate surface area is 121 Å². The molecule has 1 saturated heterocycles. The Morgan fingerprint density at radius 1 is 1.25 bits per heavy atom. The second-order valence-electron chi connectivity index (χ2n) is 6.20. The largest absolute Gasteiger partial charge is 0.325 e. The third kappa shape index (κ3) is 3.04. The van der Waals surface area contributed by atoms with Crippen LogP contribution >= 0.6 is 0 Å². The molecule has 1 fully saturated rings. The molecular formula is C17H24N2O. The van der Waals surface area contributed by atoms with Gasteiger partial charge in [0.25, 0.3) is 0 Å². The summed E-state index contributed by atoms with van der Waals surface area (Å²) >= 11 is 0. The van der Waals surface area contributed by atoms with Crippen molar-refractivity contribution in [1.29, 1.82) is 0 Å². The zero-order valence-corrected chi connectivity index (χ0v) is 12.3. The molecular weight excluding hydrogens is 248 g/mol. The summed E-state index contributed by atoms with van der Waals surface area (Å²) in [7, 11) is 0. The molecule has 2 aliphatic rings. The highest BCUT2D eigenvalue weighted by molar-refractivity contribution is 5.92. The molecule has 1 atom stereocenters. The Morgan fingerprint density at radius 3 is 2.95 bits per heavy atom. The number of fused-ring (bicyclic) bond motifs is 1. The summed E-state index contributed by atoms with van der Waals surface area (Å²) in [5.41, 5.74) is 3.82. The van der Waals surface area contributed by atoms with Gasteiger partial charge >= 0.3 is 0 Å². The van der Waals surface area contributed by atoms with Crippen molar-refractivity contribution in [2.24, 2.45) is 0 Å². The number of nitrogens with one attached hydrogen (secondary N) is 1. The molecule has 0 aromatic heterocycles. The zero-order valence-electron chi connectivity index (χ0n) is 12.3. The second-order valence-corrected chi connectivity index (χ2v) is 6.20. The fourth-order valence-corrected chi connectivity index (χ4v) is 3.43. The van der Waals surface area contributed by atoms with E-state index in [0.29, 0.717) is 12.6 Å². The number of anilines is 1. The Morgan fingerprint density at radius 2 is 2.10 bits per heavy atom. The van der Waals surface area contributed by atoms with Crippen LogP contribution in [0, 0.1) is 0 Å². The van der Waals surface area contributed by atoms with Crippen LogP contribution in [0.25, 0.3) is 0 Å². The van der Waals surface area contributed by atoms with Gasteiger partial charge in [-0.05, 0) is 68.8 Å². The summed E-state index contributed by atoms with van der Waals surface area (Å²) in [6.07, 6.45) is 7.32. The molecule has 1 aliphatic carbocycles. The van der Waals surface area contributed by atoms with Gasteiger partial charge < -0.3 is 5.32 Å². The zero-order chi connectivity index (χ0) is 13.9. The SMILES string of the molecule is C[C@@H]1CCCCN1CC(=O)Nc1ccc2c(c1)CCC2. The van der Waals surface area contributed by atoms with Crippen molar-refractivity contribution in [3.8, 4) is 0 Å². The van der Waals surface area contributed by atoms with Crippen LogP contribution in [-0.4, -0.2) is 29.9 Å². The van der Waals surface area contributed by atoms with Gasteiger partial charge in [-0.15, -0.1) is 0 Å². The number of hydrogen-bond donors (Lipinski definition) is 1. The Kier molecular flexibility index (Phi) is 4.06. The van der Waals surface area contributed by atoms with Crippen molar-refractivity contribution < 1.29 is 4.79 Å². The summed E-state index contributed by atoms with van der Waals surface area (Å²) < 4.78 is 0. The van der Waals surface area contributed by atoms with Crippen molar-refractivity contribution in [3.05, 3.63) is 29.3 Å². The number of nitrogens with zero attached hydrogens (tertiary/aromatic N) is 1. The first-order valence-electron chi connectivity index (χ1n) is 7.88. The number of hydrogen-bond acceptors (Lipinski definition) is 2. The first-order chi connectivity index (χ1) is 9.72. The molecule has 1 aromatic carbocycles. The van der Waals surface area contributed by atoms with Crippen LogP contribution < -0.4 is 5.32 Å². The molecule has 108 valence electrons. The summed E-state index contributed by atoms with van der Waals surface area (Å²) in [4.78, 5) is 14.5. The lowest BCUT2D eigenvalue weighted by molar-refractivity contribution is -0.118. The summed E-state index contributed by atoms with van der Waals surface area (Å²) in [6, 6.07) is 6.90. The van der Waals surface area contributed by atoms with E-state index >= 15 is 0 Å². The van der Waals surface area contributed by atoms with E-state index in [-0.39, 0.29) is 5.91 Å². The van der Waals surface area contributed by atoms with Crippen LogP contribution in [0.3, 0.4) is 0 Å². The first kappa shape index (κ1) is 13.6. The van der Waals surface area contributed by atoms with E-state index in [0.717, 1.165) is 18.7 Å². The molecule has 0 saturated carbocycles. The molecule has 3 rings (SSSR count). The van der Waals surface area contributed by atoms with Crippen LogP contribution in [-0.2, 0) is 17.6 Å². The number of rotatable bonds is 3. The third-order valence-electron chi connectivity index (χ3n) is 4.67. The minimum absolute atomic E-state index is 0.122. The van der Waals surface area contributed by atoms with Crippen LogP contribution in [0.5, 0.6) is 0 Å². The molecule has 3 heteroatoms. The molecule has 1 N–H and O–H groups in total. The van der Waals surface area contributed by atoms with Gasteiger partial charge in [0.2, 0.25) is 5.91 Å². The average Bonchev–Trinajstić information content (AvgIpc) is 2.89. The molecule has 1 aromatic rings.